The Labute approximate surface area is 142 Å². The first-order valence-electron chi connectivity index (χ1n) is 7.42. The van der Waals surface area contributed by atoms with E-state index in [0.717, 1.165) is 22.9 Å². The molecule has 0 radical (unpaired) electrons. The van der Waals surface area contributed by atoms with Crippen LogP contribution < -0.4 is 20.1 Å². The zero-order valence-corrected chi connectivity index (χ0v) is 14.5. The Morgan fingerprint density at radius 1 is 1.54 bits per heavy atom. The van der Waals surface area contributed by atoms with Crippen LogP contribution in [0, 0.1) is 18.3 Å². The molecule has 0 bridgehead atoms. The molecule has 0 aliphatic heterocycles. The quantitative estimate of drug-likeness (QED) is 0.806. The van der Waals surface area contributed by atoms with Gasteiger partial charge in [0, 0.05) is 19.2 Å². The molecule has 7 nitrogen and oxygen atoms in total. The van der Waals surface area contributed by atoms with Crippen LogP contribution >= 0.6 is 11.3 Å². The monoisotopic (exact) mass is 343 g/mol. The molecule has 0 fully saturated rings. The number of aryl methyl sites for hydroxylation is 1. The molecule has 8 heteroatoms. The lowest BCUT2D eigenvalue weighted by Gasteiger charge is -2.00. The van der Waals surface area contributed by atoms with Crippen molar-refractivity contribution in [1.29, 1.82) is 5.26 Å². The largest absolute Gasteiger partial charge is 0.352 e. The maximum Gasteiger partial charge on any atom is 0.277 e. The molecule has 2 aromatic heterocycles. The molecule has 124 valence electrons. The SMILES string of the molecule is CCNC(=O)/C(C#N)=c1\sc(=C=Cc2cnc(C)[nH]2)c(=O)n1CC. The maximum absolute atomic E-state index is 12.5. The summed E-state index contributed by atoms with van der Waals surface area (Å²) in [6.45, 7) is 6.15. The molecule has 0 saturated carbocycles. The minimum atomic E-state index is -0.483. The van der Waals surface area contributed by atoms with Crippen molar-refractivity contribution in [3.8, 4) is 6.07 Å². The van der Waals surface area contributed by atoms with Gasteiger partial charge in [0.1, 0.15) is 21.1 Å². The first kappa shape index (κ1) is 17.5. The standard InChI is InChI=1S/C16H17N5O2S/c1-4-18-14(22)12(8-17)16-21(5-2)15(23)13(24-16)7-6-11-9-19-10(3)20-11/h6,9H,4-5H2,1-3H3,(H,18,22)(H,19,20)/b16-12-. The van der Waals surface area contributed by atoms with E-state index in [-0.39, 0.29) is 11.1 Å². The number of rotatable bonds is 4. The summed E-state index contributed by atoms with van der Waals surface area (Å²) in [7, 11) is 0. The van der Waals surface area contributed by atoms with Gasteiger partial charge in [-0.2, -0.15) is 5.26 Å². The fourth-order valence-corrected chi connectivity index (χ4v) is 3.15. The predicted molar refractivity (Wildman–Crippen MR) is 92.4 cm³/mol. The van der Waals surface area contributed by atoms with E-state index < -0.39 is 5.91 Å². The summed E-state index contributed by atoms with van der Waals surface area (Å²) in [6.07, 6.45) is 3.26. The molecule has 0 aliphatic rings. The van der Waals surface area contributed by atoms with Crippen molar-refractivity contribution < 1.29 is 4.79 Å². The summed E-state index contributed by atoms with van der Waals surface area (Å²) in [6, 6.07) is 1.90. The van der Waals surface area contributed by atoms with E-state index in [0.29, 0.717) is 22.3 Å². The van der Waals surface area contributed by atoms with Gasteiger partial charge in [-0.25, -0.2) is 4.98 Å². The molecule has 0 aliphatic carbocycles. The second kappa shape index (κ2) is 7.59. The maximum atomic E-state index is 12.5. The van der Waals surface area contributed by atoms with Gasteiger partial charge < -0.3 is 10.3 Å². The zero-order valence-electron chi connectivity index (χ0n) is 13.6. The molecule has 0 unspecified atom stereocenters. The van der Waals surface area contributed by atoms with Crippen LogP contribution in [0.15, 0.2) is 11.0 Å². The van der Waals surface area contributed by atoms with Crippen molar-refractivity contribution in [3.05, 3.63) is 37.3 Å². The Morgan fingerprint density at radius 3 is 2.83 bits per heavy atom. The number of H-pyrrole nitrogens is 1. The average molecular weight is 343 g/mol. The number of nitrogens with one attached hydrogen (secondary N) is 2. The van der Waals surface area contributed by atoms with Crippen molar-refractivity contribution in [2.24, 2.45) is 0 Å². The fraction of sp³-hybridized carbons (Fsp3) is 0.312. The number of nitriles is 1. The van der Waals surface area contributed by atoms with Crippen LogP contribution in [0.4, 0.5) is 0 Å². The molecule has 2 heterocycles. The Kier molecular flexibility index (Phi) is 5.53. The van der Waals surface area contributed by atoms with E-state index in [1.54, 1.807) is 26.1 Å². The Hall–Kier alpha value is -2.88. The lowest BCUT2D eigenvalue weighted by molar-refractivity contribution is -0.115. The summed E-state index contributed by atoms with van der Waals surface area (Å²) < 4.78 is 2.08. The zero-order chi connectivity index (χ0) is 17.7. The predicted octanol–water partition coefficient (Wildman–Crippen LogP) is -0.136. The molecule has 2 rings (SSSR count). The molecule has 2 N–H and O–H groups in total. The number of carbonyl (C=O) groups excluding carboxylic acids is 1. The van der Waals surface area contributed by atoms with Crippen molar-refractivity contribution in [2.45, 2.75) is 27.3 Å². The van der Waals surface area contributed by atoms with Gasteiger partial charge in [0.2, 0.25) is 0 Å². The number of amides is 1. The smallest absolute Gasteiger partial charge is 0.277 e. The molecule has 24 heavy (non-hydrogen) atoms. The van der Waals surface area contributed by atoms with Crippen molar-refractivity contribution >= 4 is 34.6 Å². The van der Waals surface area contributed by atoms with Crippen molar-refractivity contribution in [1.82, 2.24) is 19.9 Å². The second-order valence-electron chi connectivity index (χ2n) is 4.84. The lowest BCUT2D eigenvalue weighted by Crippen LogP contribution is -2.34. The number of aromatic nitrogens is 3. The van der Waals surface area contributed by atoms with Crippen molar-refractivity contribution in [2.75, 3.05) is 6.54 Å². The summed E-state index contributed by atoms with van der Waals surface area (Å²) >= 11 is 1.08. The summed E-state index contributed by atoms with van der Waals surface area (Å²) in [4.78, 5) is 31.6. The van der Waals surface area contributed by atoms with E-state index >= 15 is 0 Å². The highest BCUT2D eigenvalue weighted by atomic mass is 32.1. The molecule has 2 aromatic rings. The van der Waals surface area contributed by atoms with Crippen molar-refractivity contribution in [3.63, 3.8) is 0 Å². The van der Waals surface area contributed by atoms with E-state index in [2.05, 4.69) is 21.0 Å². The lowest BCUT2D eigenvalue weighted by atomic mass is 10.3. The Morgan fingerprint density at radius 2 is 2.29 bits per heavy atom. The summed E-state index contributed by atoms with van der Waals surface area (Å²) in [5.41, 5.74) is 3.30. The highest BCUT2D eigenvalue weighted by Crippen LogP contribution is 1.97. The highest BCUT2D eigenvalue weighted by Gasteiger charge is 2.14. The van der Waals surface area contributed by atoms with Crippen LogP contribution in [0.25, 0.3) is 17.4 Å². The van der Waals surface area contributed by atoms with Gasteiger partial charge in [-0.3, -0.25) is 14.2 Å². The molecule has 0 aromatic carbocycles. The minimum Gasteiger partial charge on any atom is -0.352 e. The molecule has 0 atom stereocenters. The second-order valence-corrected chi connectivity index (χ2v) is 5.84. The summed E-state index contributed by atoms with van der Waals surface area (Å²) in [5.74, 6) is 0.278. The van der Waals surface area contributed by atoms with Gasteiger partial charge in [-0.05, 0) is 20.8 Å². The number of thiazole rings is 1. The number of hydrogen-bond donors (Lipinski definition) is 2. The van der Waals surface area contributed by atoms with E-state index in [1.165, 1.54) is 4.57 Å². The normalized spacial score (nSPS) is 11.4. The topological polar surface area (TPSA) is 104 Å². The van der Waals surface area contributed by atoms with Crippen LogP contribution in [-0.2, 0) is 11.3 Å². The fourth-order valence-electron chi connectivity index (χ4n) is 2.08. The Bertz CT molecular complexity index is 1010. The van der Waals surface area contributed by atoms with Crippen LogP contribution in [0.2, 0.25) is 0 Å². The van der Waals surface area contributed by atoms with Crippen LogP contribution in [0.5, 0.6) is 0 Å². The molecular weight excluding hydrogens is 326 g/mol. The van der Waals surface area contributed by atoms with Crippen LogP contribution in [0.1, 0.15) is 25.4 Å². The first-order chi connectivity index (χ1) is 11.5. The van der Waals surface area contributed by atoms with Gasteiger partial charge in [0.15, 0.2) is 5.57 Å². The number of aromatic amines is 1. The highest BCUT2D eigenvalue weighted by molar-refractivity contribution is 7.07. The van der Waals surface area contributed by atoms with E-state index in [1.807, 2.05) is 13.0 Å². The molecule has 0 saturated heterocycles. The molecule has 1 amide bonds. The minimum absolute atomic E-state index is 0.0637. The van der Waals surface area contributed by atoms with Crippen LogP contribution in [-0.4, -0.2) is 27.0 Å². The van der Waals surface area contributed by atoms with Gasteiger partial charge in [0.25, 0.3) is 11.5 Å². The van der Waals surface area contributed by atoms with Gasteiger partial charge in [-0.1, -0.05) is 5.73 Å². The van der Waals surface area contributed by atoms with E-state index in [9.17, 15) is 14.9 Å². The average Bonchev–Trinajstić information content (AvgIpc) is 3.10. The van der Waals surface area contributed by atoms with Gasteiger partial charge in [-0.15, -0.1) is 11.3 Å². The third-order valence-corrected chi connectivity index (χ3v) is 4.29. The number of imidazole rings is 1. The molecular formula is C16H17N5O2S. The van der Waals surface area contributed by atoms with Gasteiger partial charge >= 0.3 is 0 Å². The third-order valence-electron chi connectivity index (χ3n) is 3.17. The first-order valence-corrected chi connectivity index (χ1v) is 8.24. The third kappa shape index (κ3) is 3.54. The van der Waals surface area contributed by atoms with Crippen LogP contribution in [0.3, 0.4) is 0 Å². The van der Waals surface area contributed by atoms with E-state index in [4.69, 9.17) is 0 Å². The molecule has 0 spiro atoms. The Balaban J connectivity index is 2.73. The van der Waals surface area contributed by atoms with Gasteiger partial charge in [0.05, 0.1) is 11.9 Å². The number of hydrogen-bond acceptors (Lipinski definition) is 5. The number of nitrogens with zero attached hydrogens (tertiary/aromatic N) is 3. The number of carbonyl (C=O) groups is 1. The summed E-state index contributed by atoms with van der Waals surface area (Å²) in [5, 5.41) is 11.9.